The van der Waals surface area contributed by atoms with Crippen LogP contribution in [0.3, 0.4) is 0 Å². The number of benzene rings is 4. The van der Waals surface area contributed by atoms with Crippen molar-refractivity contribution in [2.75, 3.05) is 64.8 Å². The van der Waals surface area contributed by atoms with Gasteiger partial charge in [-0.25, -0.2) is 0 Å². The van der Waals surface area contributed by atoms with Gasteiger partial charge < -0.3 is 47.8 Å². The normalized spacial score (nSPS) is 10.5. The Balaban J connectivity index is -0.000000862. The molecule has 0 aliphatic carbocycles. The maximum absolute atomic E-state index is 13.4. The molecule has 1 unspecified atom stereocenters. The lowest BCUT2D eigenvalue weighted by Crippen LogP contribution is -1.99. The summed E-state index contributed by atoms with van der Waals surface area (Å²) in [5.41, 5.74) is 4.17. The highest BCUT2D eigenvalue weighted by Crippen LogP contribution is 2.59. The summed E-state index contributed by atoms with van der Waals surface area (Å²) in [7, 11) is -7.07. The van der Waals surface area contributed by atoms with Gasteiger partial charge in [0.1, 0.15) is 53.5 Å². The maximum atomic E-state index is 13.4. The van der Waals surface area contributed by atoms with Crippen LogP contribution in [0.1, 0.15) is 43.0 Å². The molecule has 414 valence electrons. The topological polar surface area (TPSA) is 159 Å². The molecule has 12 nitrogen and oxygen atoms in total. The molecule has 0 aliphatic heterocycles. The third-order valence-electron chi connectivity index (χ3n) is 7.76. The Labute approximate surface area is 493 Å². The SMILES string of the molecule is BrP(Br)Br.C#CCBr.C#CCOC/C=C\C(=C)CO.C#CCOc1ccc(CBr)cc1.C#CCOc1ccc(CP(=O)(F)OCC)cc1.C#CCOc1ccc(CP(=O)(OCC)OCC)cc1.OCc1ccc(O)cc1. The van der Waals surface area contributed by atoms with E-state index in [-0.39, 0.29) is 55.1 Å². The molecular weight excluding hydrogens is 1360 g/mol. The van der Waals surface area contributed by atoms with Crippen LogP contribution in [0.2, 0.25) is 0 Å². The first-order chi connectivity index (χ1) is 36.3. The van der Waals surface area contributed by atoms with Crippen LogP contribution >= 0.6 is 97.6 Å². The van der Waals surface area contributed by atoms with E-state index < -0.39 is 15.3 Å². The van der Waals surface area contributed by atoms with Crippen LogP contribution in [0.25, 0.3) is 0 Å². The first-order valence-electron chi connectivity index (χ1n) is 22.3. The highest BCUT2D eigenvalue weighted by molar-refractivity contribution is 9.93. The van der Waals surface area contributed by atoms with E-state index in [9.17, 15) is 13.3 Å². The number of phenolic OH excluding ortho intramolecular Hbond substituents is 1. The average molecular weight is 1430 g/mol. The fraction of sp³-hybridized carbons (Fsp3) is 0.309. The molecule has 0 saturated heterocycles. The van der Waals surface area contributed by atoms with E-state index >= 15 is 0 Å². The van der Waals surface area contributed by atoms with E-state index in [1.54, 1.807) is 93.6 Å². The second-order valence-electron chi connectivity index (χ2n) is 13.6. The molecule has 0 aliphatic rings. The van der Waals surface area contributed by atoms with E-state index in [0.29, 0.717) is 61.0 Å². The summed E-state index contributed by atoms with van der Waals surface area (Å²) in [6, 6.07) is 28.1. The fourth-order valence-corrected chi connectivity index (χ4v) is 7.89. The first kappa shape index (κ1) is 76.6. The zero-order chi connectivity index (χ0) is 57.9. The summed E-state index contributed by atoms with van der Waals surface area (Å²) in [4.78, 5) is 0. The van der Waals surface area contributed by atoms with Crippen molar-refractivity contribution in [2.24, 2.45) is 0 Å². The predicted octanol–water partition coefficient (Wildman–Crippen LogP) is 15.5. The zero-order valence-corrected chi connectivity index (χ0v) is 53.1. The number of aromatic hydroxyl groups is 1. The number of ether oxygens (including phenoxy) is 4. The number of phenols is 1. The van der Waals surface area contributed by atoms with Gasteiger partial charge in [-0.1, -0.05) is 129 Å². The van der Waals surface area contributed by atoms with Gasteiger partial charge in [-0.15, -0.1) is 32.1 Å². The van der Waals surface area contributed by atoms with Crippen LogP contribution in [-0.2, 0) is 51.7 Å². The Morgan fingerprint density at radius 2 is 0.987 bits per heavy atom. The quantitative estimate of drug-likeness (QED) is 0.0212. The maximum Gasteiger partial charge on any atom is 0.371 e. The minimum absolute atomic E-state index is 0.0222. The Morgan fingerprint density at radius 3 is 1.32 bits per heavy atom. The van der Waals surface area contributed by atoms with Gasteiger partial charge in [0.15, 0.2) is 0 Å². The molecule has 0 aromatic heterocycles. The predicted molar refractivity (Wildman–Crippen MR) is 329 cm³/mol. The molecule has 0 radical (unpaired) electrons. The number of hydrogen-bond donors (Lipinski definition) is 3. The van der Waals surface area contributed by atoms with Crippen LogP contribution < -0.4 is 14.2 Å². The number of aliphatic hydroxyl groups is 2. The van der Waals surface area contributed by atoms with E-state index in [1.807, 2.05) is 36.4 Å². The molecule has 3 N–H and O–H groups in total. The molecule has 76 heavy (non-hydrogen) atoms. The standard InChI is InChI=1S/C14H19O4P.C12H14FO3P.C10H9BrO.C9H12O2.C7H8O2.C3H3Br.Br3P/c1-4-11-16-14-9-7-13(8-10-14)12-19(15,17-5-2)18-6-3;1-3-9-15-12-7-5-11(6-8-12)10-17(13,14)16-4-2;1-2-7-12-10-5-3-9(8-11)4-6-10;1-3-6-11-7-4-5-9(2)8-10;8-5-6-1-3-7(9)4-2-6;1-2-3-4;1-4(2)3/h1,7-10H,5-6,11-12H2,2-3H3;1,5-8H,4,9-10H2,2H3;1,3-6H,7-8H2;1,4-5,10H,2,6-8H2;1-4,8-9H,5H2;1H,3H2;/b;;;5-4-;;;. The summed E-state index contributed by atoms with van der Waals surface area (Å²) in [6.07, 6.45) is 28.4. The largest absolute Gasteiger partial charge is 0.508 e. The molecule has 0 spiro atoms. The number of terminal acetylenes is 5. The molecule has 0 bridgehead atoms. The lowest BCUT2D eigenvalue weighted by molar-refractivity contribution is 0.199. The second kappa shape index (κ2) is 52.1. The van der Waals surface area contributed by atoms with Crippen molar-refractivity contribution < 1.29 is 61.2 Å². The number of halogens is 6. The number of rotatable bonds is 23. The molecule has 4 aromatic carbocycles. The van der Waals surface area contributed by atoms with Gasteiger partial charge in [0.05, 0.1) is 57.3 Å². The highest BCUT2D eigenvalue weighted by Gasteiger charge is 2.24. The molecule has 0 saturated carbocycles. The van der Waals surface area contributed by atoms with Gasteiger partial charge in [0.2, 0.25) is 0 Å². The monoisotopic (exact) mass is 1420 g/mol. The molecule has 0 heterocycles. The number of alkyl halides is 2. The Hall–Kier alpha value is -3.66. The molecule has 1 atom stereocenters. The Bertz CT molecular complexity index is 2440. The minimum Gasteiger partial charge on any atom is -0.508 e. The van der Waals surface area contributed by atoms with Crippen molar-refractivity contribution in [1.82, 2.24) is 0 Å². The van der Waals surface area contributed by atoms with Crippen LogP contribution in [-0.4, -0.2) is 80.1 Å². The molecule has 0 amide bonds. The summed E-state index contributed by atoms with van der Waals surface area (Å²) in [6.45, 7) is 11.1. The summed E-state index contributed by atoms with van der Waals surface area (Å²) in [5.74, 6) is 14.2. The summed E-state index contributed by atoms with van der Waals surface area (Å²) >= 11 is 15.9. The van der Waals surface area contributed by atoms with Gasteiger partial charge >= 0.3 is 15.3 Å². The average Bonchev–Trinajstić information content (AvgIpc) is 3.40. The van der Waals surface area contributed by atoms with Gasteiger partial charge in [0.25, 0.3) is 0 Å². The molecule has 0 fully saturated rings. The van der Waals surface area contributed by atoms with Crippen molar-refractivity contribution in [3.63, 3.8) is 0 Å². The third-order valence-corrected chi connectivity index (χ3v) is 12.2. The van der Waals surface area contributed by atoms with E-state index in [0.717, 1.165) is 22.2 Å². The first-order valence-corrected chi connectivity index (χ1v) is 35.4. The van der Waals surface area contributed by atoms with Gasteiger partial charge in [-0.3, -0.25) is 9.13 Å². The highest BCUT2D eigenvalue weighted by atomic mass is 80.0. The molecular formula is C55H65Br5FO12P3. The van der Waals surface area contributed by atoms with Gasteiger partial charge in [-0.05, 0) is 144 Å². The van der Waals surface area contributed by atoms with Crippen molar-refractivity contribution in [2.45, 2.75) is 45.0 Å². The third kappa shape index (κ3) is 47.5. The van der Waals surface area contributed by atoms with Crippen molar-refractivity contribution >= 4 is 97.6 Å². The van der Waals surface area contributed by atoms with Crippen LogP contribution in [0.5, 0.6) is 23.0 Å². The van der Waals surface area contributed by atoms with Crippen molar-refractivity contribution in [1.29, 1.82) is 0 Å². The van der Waals surface area contributed by atoms with Crippen LogP contribution in [0.4, 0.5) is 4.20 Å². The van der Waals surface area contributed by atoms with Crippen LogP contribution in [0.15, 0.2) is 121 Å². The van der Waals surface area contributed by atoms with Crippen molar-refractivity contribution in [3.05, 3.63) is 144 Å². The smallest absolute Gasteiger partial charge is 0.371 e. The molecule has 4 aromatic rings. The lowest BCUT2D eigenvalue weighted by atomic mass is 10.2. The summed E-state index contributed by atoms with van der Waals surface area (Å²) in [5, 5.41) is 27.4. The summed E-state index contributed by atoms with van der Waals surface area (Å²) < 4.78 is 72.4. The zero-order valence-electron chi connectivity index (χ0n) is 42.5. The van der Waals surface area contributed by atoms with E-state index in [1.165, 1.54) is 5.56 Å². The second-order valence-corrected chi connectivity index (χ2v) is 33.9. The van der Waals surface area contributed by atoms with Gasteiger partial charge in [0, 0.05) is 5.33 Å². The number of aliphatic hydroxyl groups excluding tert-OH is 2. The molecule has 21 heteroatoms. The van der Waals surface area contributed by atoms with Crippen LogP contribution in [0, 0.1) is 61.7 Å². The molecule has 4 rings (SSSR count). The van der Waals surface area contributed by atoms with Gasteiger partial charge in [-0.2, -0.15) is 4.20 Å². The Morgan fingerprint density at radius 1 is 0.618 bits per heavy atom. The van der Waals surface area contributed by atoms with E-state index in [2.05, 4.69) is 119 Å². The minimum atomic E-state index is -4.02. The lowest BCUT2D eigenvalue weighted by Gasteiger charge is -2.17. The Kier molecular flexibility index (Phi) is 52.5. The van der Waals surface area contributed by atoms with E-state index in [4.69, 9.17) is 75.4 Å². The fourth-order valence-electron chi connectivity index (χ4n) is 4.69. The van der Waals surface area contributed by atoms with Crippen molar-refractivity contribution in [3.8, 4) is 84.7 Å². The number of hydrogen-bond acceptors (Lipinski definition) is 12.